The van der Waals surface area contributed by atoms with Crippen molar-refractivity contribution >= 4 is 16.9 Å². The van der Waals surface area contributed by atoms with Crippen molar-refractivity contribution in [2.75, 3.05) is 19.6 Å². The van der Waals surface area contributed by atoms with Crippen LogP contribution in [0.3, 0.4) is 0 Å². The number of nitrogens with zero attached hydrogens (tertiary/aromatic N) is 2. The molecule has 1 fully saturated rings. The van der Waals surface area contributed by atoms with Gasteiger partial charge in [-0.2, -0.15) is 0 Å². The fourth-order valence-corrected chi connectivity index (χ4v) is 4.32. The summed E-state index contributed by atoms with van der Waals surface area (Å²) in [7, 11) is 0. The van der Waals surface area contributed by atoms with Gasteiger partial charge in [0, 0.05) is 31.6 Å². The zero-order valence-electron chi connectivity index (χ0n) is 18.5. The standard InChI is InChI=1S/C27H27FN4O/c28-23-12-13-24-25(17-23)31-27(30-24)22-10-8-21(9-11-22)20-6-4-19(5-7-20)18-29-14-2-16-32-15-1-3-26(32)33/h4-13,17,29H,1-3,14-16,18H2,(H,30,31). The van der Waals surface area contributed by atoms with E-state index in [4.69, 9.17) is 0 Å². The van der Waals surface area contributed by atoms with Crippen LogP contribution in [0.5, 0.6) is 0 Å². The molecule has 0 spiro atoms. The number of nitrogens with one attached hydrogen (secondary N) is 2. The number of imidazole rings is 1. The molecule has 33 heavy (non-hydrogen) atoms. The van der Waals surface area contributed by atoms with Gasteiger partial charge in [0.05, 0.1) is 11.0 Å². The van der Waals surface area contributed by atoms with Crippen molar-refractivity contribution in [1.82, 2.24) is 20.2 Å². The van der Waals surface area contributed by atoms with E-state index in [-0.39, 0.29) is 5.82 Å². The van der Waals surface area contributed by atoms with E-state index in [2.05, 4.69) is 51.7 Å². The molecule has 5 rings (SSSR count). The zero-order chi connectivity index (χ0) is 22.6. The summed E-state index contributed by atoms with van der Waals surface area (Å²) in [6, 6.07) is 21.4. The van der Waals surface area contributed by atoms with Crippen LogP contribution in [0.1, 0.15) is 24.8 Å². The Kier molecular flexibility index (Phi) is 6.17. The van der Waals surface area contributed by atoms with Crippen molar-refractivity contribution < 1.29 is 9.18 Å². The molecular weight excluding hydrogens is 415 g/mol. The van der Waals surface area contributed by atoms with Gasteiger partial charge in [0.2, 0.25) is 5.91 Å². The van der Waals surface area contributed by atoms with Crippen molar-refractivity contribution in [3.05, 3.63) is 78.1 Å². The summed E-state index contributed by atoms with van der Waals surface area (Å²) in [6.07, 6.45) is 2.70. The summed E-state index contributed by atoms with van der Waals surface area (Å²) in [5.41, 5.74) is 5.95. The minimum atomic E-state index is -0.273. The highest BCUT2D eigenvalue weighted by Crippen LogP contribution is 2.25. The molecule has 1 aromatic heterocycles. The largest absolute Gasteiger partial charge is 0.343 e. The van der Waals surface area contributed by atoms with Crippen LogP contribution in [0.4, 0.5) is 4.39 Å². The van der Waals surface area contributed by atoms with Gasteiger partial charge in [0.1, 0.15) is 11.6 Å². The zero-order valence-corrected chi connectivity index (χ0v) is 18.5. The summed E-state index contributed by atoms with van der Waals surface area (Å²) in [5.74, 6) is 0.759. The lowest BCUT2D eigenvalue weighted by Gasteiger charge is -2.15. The Labute approximate surface area is 192 Å². The SMILES string of the molecule is O=C1CCCN1CCCNCc1ccc(-c2ccc(-c3nc4ccc(F)cc4[nH]3)cc2)cc1. The molecule has 0 aliphatic carbocycles. The maximum atomic E-state index is 13.4. The predicted molar refractivity (Wildman–Crippen MR) is 129 cm³/mol. The van der Waals surface area contributed by atoms with E-state index in [1.54, 1.807) is 6.07 Å². The number of benzene rings is 3. The maximum absolute atomic E-state index is 13.4. The van der Waals surface area contributed by atoms with Crippen molar-refractivity contribution in [2.24, 2.45) is 0 Å². The van der Waals surface area contributed by atoms with Gasteiger partial charge in [0.15, 0.2) is 0 Å². The Morgan fingerprint density at radius 1 is 0.970 bits per heavy atom. The molecule has 4 aromatic rings. The quantitative estimate of drug-likeness (QED) is 0.372. The second-order valence-electron chi connectivity index (χ2n) is 8.54. The van der Waals surface area contributed by atoms with Crippen LogP contribution in [-0.2, 0) is 11.3 Å². The van der Waals surface area contributed by atoms with E-state index in [9.17, 15) is 9.18 Å². The van der Waals surface area contributed by atoms with Crippen LogP contribution < -0.4 is 5.32 Å². The molecular formula is C27H27FN4O. The average Bonchev–Trinajstić information content (AvgIpc) is 3.45. The molecule has 0 radical (unpaired) electrons. The van der Waals surface area contributed by atoms with E-state index in [0.29, 0.717) is 17.8 Å². The molecule has 168 valence electrons. The third-order valence-corrected chi connectivity index (χ3v) is 6.17. The van der Waals surface area contributed by atoms with Gasteiger partial charge in [-0.25, -0.2) is 9.37 Å². The monoisotopic (exact) mass is 442 g/mol. The fraction of sp³-hybridized carbons (Fsp3) is 0.259. The number of hydrogen-bond donors (Lipinski definition) is 2. The summed E-state index contributed by atoms with van der Waals surface area (Å²) in [6.45, 7) is 3.49. The molecule has 1 saturated heterocycles. The number of aromatic nitrogens is 2. The molecule has 1 aliphatic heterocycles. The Morgan fingerprint density at radius 3 is 2.42 bits per heavy atom. The number of hydrogen-bond acceptors (Lipinski definition) is 3. The molecule has 1 amide bonds. The van der Waals surface area contributed by atoms with Crippen molar-refractivity contribution in [3.8, 4) is 22.5 Å². The maximum Gasteiger partial charge on any atom is 0.222 e. The smallest absolute Gasteiger partial charge is 0.222 e. The molecule has 0 bridgehead atoms. The molecule has 1 aliphatic rings. The fourth-order valence-electron chi connectivity index (χ4n) is 4.32. The summed E-state index contributed by atoms with van der Waals surface area (Å²) < 4.78 is 13.4. The highest BCUT2D eigenvalue weighted by Gasteiger charge is 2.18. The van der Waals surface area contributed by atoms with Crippen LogP contribution in [0.15, 0.2) is 66.7 Å². The van der Waals surface area contributed by atoms with Gasteiger partial charge in [-0.3, -0.25) is 4.79 Å². The third kappa shape index (κ3) is 4.96. The molecule has 0 saturated carbocycles. The van der Waals surface area contributed by atoms with Crippen molar-refractivity contribution in [3.63, 3.8) is 0 Å². The summed E-state index contributed by atoms with van der Waals surface area (Å²) in [4.78, 5) is 21.3. The van der Waals surface area contributed by atoms with E-state index in [1.807, 2.05) is 17.0 Å². The summed E-state index contributed by atoms with van der Waals surface area (Å²) in [5, 5.41) is 3.47. The molecule has 2 heterocycles. The summed E-state index contributed by atoms with van der Waals surface area (Å²) >= 11 is 0. The molecule has 6 heteroatoms. The number of likely N-dealkylation sites (tertiary alicyclic amines) is 1. The van der Waals surface area contributed by atoms with Crippen LogP contribution in [-0.4, -0.2) is 40.4 Å². The number of carbonyl (C=O) groups is 1. The van der Waals surface area contributed by atoms with Crippen LogP contribution in [0.25, 0.3) is 33.5 Å². The molecule has 3 aromatic carbocycles. The van der Waals surface area contributed by atoms with E-state index >= 15 is 0 Å². The van der Waals surface area contributed by atoms with E-state index < -0.39 is 0 Å². The molecule has 0 atom stereocenters. The molecule has 2 N–H and O–H groups in total. The topological polar surface area (TPSA) is 61.0 Å². The number of aromatic amines is 1. The van der Waals surface area contributed by atoms with Gasteiger partial charge in [-0.15, -0.1) is 0 Å². The number of H-pyrrole nitrogens is 1. The van der Waals surface area contributed by atoms with E-state index in [1.165, 1.54) is 17.7 Å². The first-order valence-corrected chi connectivity index (χ1v) is 11.5. The van der Waals surface area contributed by atoms with Gasteiger partial charge in [-0.1, -0.05) is 48.5 Å². The van der Waals surface area contributed by atoms with Gasteiger partial charge < -0.3 is 15.2 Å². The normalized spacial score (nSPS) is 13.8. The second kappa shape index (κ2) is 9.55. The number of fused-ring (bicyclic) bond motifs is 1. The Balaban J connectivity index is 1.15. The van der Waals surface area contributed by atoms with Gasteiger partial charge >= 0.3 is 0 Å². The highest BCUT2D eigenvalue weighted by atomic mass is 19.1. The first-order chi connectivity index (χ1) is 16.2. The van der Waals surface area contributed by atoms with Crippen LogP contribution in [0, 0.1) is 5.82 Å². The second-order valence-corrected chi connectivity index (χ2v) is 8.54. The van der Waals surface area contributed by atoms with Crippen LogP contribution >= 0.6 is 0 Å². The first kappa shape index (κ1) is 21.3. The van der Waals surface area contributed by atoms with Gasteiger partial charge in [-0.05, 0) is 54.3 Å². The van der Waals surface area contributed by atoms with Crippen LogP contribution in [0.2, 0.25) is 0 Å². The average molecular weight is 443 g/mol. The molecule has 0 unspecified atom stereocenters. The Morgan fingerprint density at radius 2 is 1.70 bits per heavy atom. The van der Waals surface area contributed by atoms with Gasteiger partial charge in [0.25, 0.3) is 0 Å². The molecule has 5 nitrogen and oxygen atoms in total. The predicted octanol–water partition coefficient (Wildman–Crippen LogP) is 5.14. The third-order valence-electron chi connectivity index (χ3n) is 6.17. The number of halogens is 1. The number of rotatable bonds is 8. The lowest BCUT2D eigenvalue weighted by atomic mass is 10.0. The van der Waals surface area contributed by atoms with E-state index in [0.717, 1.165) is 67.1 Å². The minimum Gasteiger partial charge on any atom is -0.343 e. The number of carbonyl (C=O) groups excluding carboxylic acids is 1. The van der Waals surface area contributed by atoms with Crippen molar-refractivity contribution in [1.29, 1.82) is 0 Å². The lowest BCUT2D eigenvalue weighted by Crippen LogP contribution is -2.28. The Hall–Kier alpha value is -3.51. The number of amides is 1. The highest BCUT2D eigenvalue weighted by molar-refractivity contribution is 5.80. The first-order valence-electron chi connectivity index (χ1n) is 11.5. The van der Waals surface area contributed by atoms with Crippen molar-refractivity contribution in [2.45, 2.75) is 25.8 Å². The minimum absolute atomic E-state index is 0.273. The lowest BCUT2D eigenvalue weighted by molar-refractivity contribution is -0.127. The Bertz CT molecular complexity index is 1250.